The molecular formula is C26H31F2N3O4. The molecule has 0 saturated carbocycles. The van der Waals surface area contributed by atoms with Gasteiger partial charge in [0.05, 0.1) is 26.5 Å². The molecule has 2 aromatic carbocycles. The highest BCUT2D eigenvalue weighted by Gasteiger charge is 2.33. The second kappa shape index (κ2) is 11.8. The van der Waals surface area contributed by atoms with Crippen LogP contribution in [0.2, 0.25) is 0 Å². The second-order valence-electron chi connectivity index (χ2n) is 8.38. The molecule has 0 aliphatic carbocycles. The number of rotatable bonds is 10. The van der Waals surface area contributed by atoms with Gasteiger partial charge < -0.3 is 14.8 Å². The molecule has 1 aliphatic heterocycles. The number of nitrogens with zero attached hydrogens (tertiary/aromatic N) is 2. The van der Waals surface area contributed by atoms with Crippen LogP contribution in [0.25, 0.3) is 0 Å². The average Bonchev–Trinajstić information content (AvgIpc) is 2.85. The molecule has 9 heteroatoms. The van der Waals surface area contributed by atoms with E-state index in [9.17, 15) is 14.0 Å². The number of hydrogen-bond acceptors (Lipinski definition) is 5. The number of anilines is 1. The summed E-state index contributed by atoms with van der Waals surface area (Å²) in [6, 6.07) is 8.13. The number of halogens is 2. The van der Waals surface area contributed by atoms with Gasteiger partial charge in [-0.25, -0.2) is 13.8 Å². The van der Waals surface area contributed by atoms with E-state index in [1.165, 1.54) is 19.2 Å². The van der Waals surface area contributed by atoms with E-state index < -0.39 is 11.6 Å². The Kier molecular flexibility index (Phi) is 8.78. The molecule has 1 unspecified atom stereocenters. The predicted octanol–water partition coefficient (Wildman–Crippen LogP) is 5.27. The van der Waals surface area contributed by atoms with Crippen molar-refractivity contribution in [1.82, 2.24) is 5.01 Å². The zero-order chi connectivity index (χ0) is 25.5. The first kappa shape index (κ1) is 26.1. The first-order chi connectivity index (χ1) is 16.8. The summed E-state index contributed by atoms with van der Waals surface area (Å²) in [7, 11) is 2.46. The highest BCUT2D eigenvalue weighted by Crippen LogP contribution is 2.37. The molecule has 0 spiro atoms. The van der Waals surface area contributed by atoms with E-state index in [2.05, 4.69) is 10.4 Å². The summed E-state index contributed by atoms with van der Waals surface area (Å²) in [6.45, 7) is 4.04. The monoisotopic (exact) mass is 487 g/mol. The third kappa shape index (κ3) is 5.96. The Morgan fingerprint density at radius 3 is 2.43 bits per heavy atom. The minimum Gasteiger partial charge on any atom is -0.490 e. The van der Waals surface area contributed by atoms with Gasteiger partial charge in [0.15, 0.2) is 17.4 Å². The van der Waals surface area contributed by atoms with Crippen molar-refractivity contribution in [3.63, 3.8) is 0 Å². The molecule has 35 heavy (non-hydrogen) atoms. The quantitative estimate of drug-likeness (QED) is 0.495. The van der Waals surface area contributed by atoms with Crippen LogP contribution >= 0.6 is 0 Å². The Balaban J connectivity index is 1.87. The Morgan fingerprint density at radius 1 is 1.14 bits per heavy atom. The number of carbonyl (C=O) groups excluding carboxylic acids is 2. The smallest absolute Gasteiger partial charge is 0.243 e. The number of hydrazone groups is 1. The lowest BCUT2D eigenvalue weighted by Gasteiger charge is -2.29. The van der Waals surface area contributed by atoms with Crippen LogP contribution in [-0.4, -0.2) is 36.8 Å². The van der Waals surface area contributed by atoms with Crippen LogP contribution in [0.15, 0.2) is 35.4 Å². The number of unbranched alkanes of at least 4 members (excludes halogenated alkanes) is 1. The summed E-state index contributed by atoms with van der Waals surface area (Å²) in [5.74, 6) is -2.87. The molecule has 0 aromatic heterocycles. The fourth-order valence-electron chi connectivity index (χ4n) is 3.99. The molecule has 0 fully saturated rings. The summed E-state index contributed by atoms with van der Waals surface area (Å²) in [5.41, 5.74) is 1.67. The Morgan fingerprint density at radius 2 is 1.83 bits per heavy atom. The summed E-state index contributed by atoms with van der Waals surface area (Å²) < 4.78 is 39.9. The number of amides is 2. The first-order valence-electron chi connectivity index (χ1n) is 11.7. The van der Waals surface area contributed by atoms with Gasteiger partial charge >= 0.3 is 0 Å². The number of carbonyl (C=O) groups is 2. The highest BCUT2D eigenvalue weighted by molar-refractivity contribution is 6.06. The minimum atomic E-state index is -0.791. The topological polar surface area (TPSA) is 80.2 Å². The van der Waals surface area contributed by atoms with E-state index in [0.717, 1.165) is 24.5 Å². The minimum absolute atomic E-state index is 0.0464. The van der Waals surface area contributed by atoms with Crippen molar-refractivity contribution < 1.29 is 27.8 Å². The van der Waals surface area contributed by atoms with Crippen LogP contribution in [-0.2, 0) is 16.1 Å². The Labute approximate surface area is 204 Å². The van der Waals surface area contributed by atoms with E-state index in [4.69, 9.17) is 9.47 Å². The van der Waals surface area contributed by atoms with Crippen molar-refractivity contribution in [3.05, 3.63) is 53.1 Å². The molecule has 188 valence electrons. The van der Waals surface area contributed by atoms with E-state index in [-0.39, 0.29) is 53.5 Å². The molecule has 2 amide bonds. The van der Waals surface area contributed by atoms with Crippen LogP contribution in [0.4, 0.5) is 14.5 Å². The van der Waals surface area contributed by atoms with Gasteiger partial charge in [-0.2, -0.15) is 5.10 Å². The van der Waals surface area contributed by atoms with Gasteiger partial charge in [0.25, 0.3) is 0 Å². The summed E-state index contributed by atoms with van der Waals surface area (Å²) in [5, 5.41) is 8.56. The van der Waals surface area contributed by atoms with Gasteiger partial charge in [0.2, 0.25) is 17.6 Å². The van der Waals surface area contributed by atoms with Crippen molar-refractivity contribution in [2.45, 2.75) is 52.5 Å². The van der Waals surface area contributed by atoms with Crippen molar-refractivity contribution in [2.75, 3.05) is 19.5 Å². The molecule has 1 heterocycles. The SMILES string of the molecule is CCCCC(=O)Nc1ccc(CN2N=C(c3cc(F)c(OC)c(OC)c3F)C(CC)CC2=O)cc1. The molecule has 2 aromatic rings. The first-order valence-corrected chi connectivity index (χ1v) is 11.7. The normalized spacial score (nSPS) is 15.6. The Bertz CT molecular complexity index is 1100. The van der Waals surface area contributed by atoms with Crippen molar-refractivity contribution in [3.8, 4) is 11.5 Å². The van der Waals surface area contributed by atoms with E-state index >= 15 is 4.39 Å². The second-order valence-corrected chi connectivity index (χ2v) is 8.38. The van der Waals surface area contributed by atoms with Gasteiger partial charge in [-0.05, 0) is 36.6 Å². The molecule has 0 bridgehead atoms. The van der Waals surface area contributed by atoms with Crippen molar-refractivity contribution in [1.29, 1.82) is 0 Å². The number of hydrogen-bond donors (Lipinski definition) is 1. The van der Waals surface area contributed by atoms with Crippen LogP contribution in [0.5, 0.6) is 11.5 Å². The third-order valence-electron chi connectivity index (χ3n) is 5.96. The maximum absolute atomic E-state index is 15.3. The maximum Gasteiger partial charge on any atom is 0.243 e. The molecule has 1 N–H and O–H groups in total. The lowest BCUT2D eigenvalue weighted by Crippen LogP contribution is -2.37. The molecule has 3 rings (SSSR count). The van der Waals surface area contributed by atoms with Gasteiger partial charge in [0, 0.05) is 30.0 Å². The number of ether oxygens (including phenoxy) is 2. The number of methoxy groups -OCH3 is 2. The fraction of sp³-hybridized carbons (Fsp3) is 0.423. The fourth-order valence-corrected chi connectivity index (χ4v) is 3.99. The van der Waals surface area contributed by atoms with Crippen LogP contribution in [0, 0.1) is 17.6 Å². The average molecular weight is 488 g/mol. The van der Waals surface area contributed by atoms with Crippen molar-refractivity contribution in [2.24, 2.45) is 11.0 Å². The number of benzene rings is 2. The predicted molar refractivity (Wildman–Crippen MR) is 130 cm³/mol. The molecular weight excluding hydrogens is 456 g/mol. The summed E-state index contributed by atoms with van der Waals surface area (Å²) >= 11 is 0. The van der Waals surface area contributed by atoms with Gasteiger partial charge in [-0.15, -0.1) is 0 Å². The molecule has 1 atom stereocenters. The zero-order valence-corrected chi connectivity index (χ0v) is 20.5. The largest absolute Gasteiger partial charge is 0.490 e. The summed E-state index contributed by atoms with van der Waals surface area (Å²) in [6.07, 6.45) is 2.88. The standard InChI is InChI=1S/C26H31F2N3O4/c1-5-7-8-21(32)29-18-11-9-16(10-12-18)15-31-22(33)13-17(6-2)24(30-31)19-14-20(27)25(34-3)26(35-4)23(19)28/h9-12,14,17H,5-8,13,15H2,1-4H3,(H,29,32). The maximum atomic E-state index is 15.3. The molecule has 1 aliphatic rings. The lowest BCUT2D eigenvalue weighted by molar-refractivity contribution is -0.133. The number of nitrogens with one attached hydrogen (secondary N) is 1. The van der Waals surface area contributed by atoms with Gasteiger partial charge in [0.1, 0.15) is 0 Å². The Hall–Kier alpha value is -3.49. The van der Waals surface area contributed by atoms with Gasteiger partial charge in [-0.3, -0.25) is 9.59 Å². The molecule has 7 nitrogen and oxygen atoms in total. The third-order valence-corrected chi connectivity index (χ3v) is 5.96. The van der Waals surface area contributed by atoms with Crippen LogP contribution < -0.4 is 14.8 Å². The zero-order valence-electron chi connectivity index (χ0n) is 20.5. The van der Waals surface area contributed by atoms with E-state index in [1.54, 1.807) is 24.3 Å². The molecule has 0 radical (unpaired) electrons. The molecule has 0 saturated heterocycles. The lowest BCUT2D eigenvalue weighted by atomic mass is 9.89. The summed E-state index contributed by atoms with van der Waals surface area (Å²) in [4.78, 5) is 24.7. The van der Waals surface area contributed by atoms with E-state index in [0.29, 0.717) is 18.5 Å². The van der Waals surface area contributed by atoms with E-state index in [1.807, 2.05) is 13.8 Å². The van der Waals surface area contributed by atoms with Gasteiger partial charge in [-0.1, -0.05) is 32.4 Å². The highest BCUT2D eigenvalue weighted by atomic mass is 19.1. The van der Waals surface area contributed by atoms with Crippen LogP contribution in [0.1, 0.15) is 57.1 Å². The van der Waals surface area contributed by atoms with Crippen molar-refractivity contribution >= 4 is 23.2 Å². The van der Waals surface area contributed by atoms with Crippen LogP contribution in [0.3, 0.4) is 0 Å².